The Bertz CT molecular complexity index is 965. The quantitative estimate of drug-likeness (QED) is 0.0819. The summed E-state index contributed by atoms with van der Waals surface area (Å²) in [5.41, 5.74) is 0.895. The third-order valence-corrected chi connectivity index (χ3v) is 8.38. The van der Waals surface area contributed by atoms with Crippen LogP contribution in [0.1, 0.15) is 123 Å². The molecule has 1 aliphatic heterocycles. The van der Waals surface area contributed by atoms with E-state index in [1.807, 2.05) is 31.2 Å². The lowest BCUT2D eigenvalue weighted by Gasteiger charge is -2.18. The molecular formula is C32H49NO5S2. The van der Waals surface area contributed by atoms with Gasteiger partial charge in [0.15, 0.2) is 11.5 Å². The zero-order chi connectivity index (χ0) is 29.2. The van der Waals surface area contributed by atoms with Crippen LogP contribution in [-0.2, 0) is 9.59 Å². The summed E-state index contributed by atoms with van der Waals surface area (Å²) in [4.78, 5) is 26.0. The fourth-order valence-corrected chi connectivity index (χ4v) is 6.05. The first-order chi connectivity index (χ1) is 19.3. The topological polar surface area (TPSA) is 76.1 Å². The molecule has 0 radical (unpaired) electrons. The van der Waals surface area contributed by atoms with Crippen LogP contribution in [0.25, 0.3) is 6.08 Å². The number of thioether (sulfide) groups is 1. The van der Waals surface area contributed by atoms with Crippen LogP contribution >= 0.6 is 24.0 Å². The van der Waals surface area contributed by atoms with E-state index in [1.54, 1.807) is 4.90 Å². The molecule has 0 aromatic heterocycles. The number of benzene rings is 1. The average Bonchev–Trinajstić information content (AvgIpc) is 3.18. The van der Waals surface area contributed by atoms with Crippen molar-refractivity contribution in [1.82, 2.24) is 4.90 Å². The Hall–Kier alpha value is -2.06. The van der Waals surface area contributed by atoms with Crippen molar-refractivity contribution in [2.45, 2.75) is 123 Å². The van der Waals surface area contributed by atoms with Crippen molar-refractivity contribution in [1.29, 1.82) is 0 Å². The van der Waals surface area contributed by atoms with Gasteiger partial charge in [-0.3, -0.25) is 14.5 Å². The molecule has 1 atom stereocenters. The van der Waals surface area contributed by atoms with Gasteiger partial charge in [-0.05, 0) is 63.3 Å². The first-order valence-electron chi connectivity index (χ1n) is 15.3. The van der Waals surface area contributed by atoms with E-state index >= 15 is 0 Å². The van der Waals surface area contributed by atoms with E-state index < -0.39 is 5.97 Å². The molecule has 1 aromatic carbocycles. The summed E-state index contributed by atoms with van der Waals surface area (Å²) >= 11 is 6.89. The van der Waals surface area contributed by atoms with Gasteiger partial charge < -0.3 is 14.6 Å². The van der Waals surface area contributed by atoms with Gasteiger partial charge in [-0.15, -0.1) is 0 Å². The maximum Gasteiger partial charge on any atom is 0.303 e. The molecule has 6 nitrogen and oxygen atoms in total. The van der Waals surface area contributed by atoms with Crippen LogP contribution in [0.4, 0.5) is 0 Å². The van der Waals surface area contributed by atoms with Crippen LogP contribution in [0, 0.1) is 0 Å². The number of carboxylic acid groups (broad SMARTS) is 1. The maximum absolute atomic E-state index is 13.1. The van der Waals surface area contributed by atoms with Gasteiger partial charge in [-0.1, -0.05) is 101 Å². The summed E-state index contributed by atoms with van der Waals surface area (Å²) in [7, 11) is 0. The number of unbranched alkanes of at least 4 members (excludes halogenated alkanes) is 11. The van der Waals surface area contributed by atoms with Gasteiger partial charge in [0.1, 0.15) is 4.32 Å². The molecule has 1 aliphatic rings. The molecule has 1 saturated heterocycles. The number of hydrogen-bond acceptors (Lipinski definition) is 6. The van der Waals surface area contributed by atoms with Crippen LogP contribution in [0.5, 0.6) is 11.5 Å². The average molecular weight is 592 g/mol. The molecule has 1 aromatic rings. The summed E-state index contributed by atoms with van der Waals surface area (Å²) in [5, 5.41) is 8.68. The number of thiocarbonyl (C=S) groups is 1. The lowest BCUT2D eigenvalue weighted by Crippen LogP contribution is -2.29. The van der Waals surface area contributed by atoms with Gasteiger partial charge >= 0.3 is 5.97 Å². The minimum absolute atomic E-state index is 0.0246. The van der Waals surface area contributed by atoms with E-state index in [-0.39, 0.29) is 18.4 Å². The lowest BCUT2D eigenvalue weighted by atomic mass is 10.1. The summed E-state index contributed by atoms with van der Waals surface area (Å²) < 4.78 is 12.7. The Balaban J connectivity index is 1.82. The fourth-order valence-electron chi connectivity index (χ4n) is 4.74. The number of carbonyl (C=O) groups is 2. The molecule has 224 valence electrons. The molecule has 0 saturated carbocycles. The van der Waals surface area contributed by atoms with E-state index in [2.05, 4.69) is 13.8 Å². The first kappa shape index (κ1) is 34.1. The predicted octanol–water partition coefficient (Wildman–Crippen LogP) is 9.01. The SMILES string of the molecule is CCCCCCCC(C)Oc1ccc(C=C2SC(=S)N(CCCCCCCCCCC(=O)O)C2=O)cc1OCC. The Morgan fingerprint density at radius 3 is 2.30 bits per heavy atom. The number of carboxylic acids is 1. The Labute approximate surface area is 251 Å². The highest BCUT2D eigenvalue weighted by Gasteiger charge is 2.31. The van der Waals surface area contributed by atoms with Crippen LogP contribution in [0.2, 0.25) is 0 Å². The summed E-state index contributed by atoms with van der Waals surface area (Å²) in [6.07, 6.45) is 17.8. The number of hydrogen-bond donors (Lipinski definition) is 1. The monoisotopic (exact) mass is 591 g/mol. The third kappa shape index (κ3) is 13.1. The molecule has 1 unspecified atom stereocenters. The second-order valence-electron chi connectivity index (χ2n) is 10.6. The standard InChI is InChI=1S/C32H49NO5S2/c1-4-6-7-12-15-18-25(3)38-27-21-20-26(23-28(27)37-5-2)24-29-31(36)33(32(39)40-29)22-17-14-11-9-8-10-13-16-19-30(34)35/h20-21,23-25H,4-19,22H2,1-3H3,(H,34,35). The van der Waals surface area contributed by atoms with E-state index in [4.69, 9.17) is 26.8 Å². The van der Waals surface area contributed by atoms with Crippen LogP contribution in [0.3, 0.4) is 0 Å². The van der Waals surface area contributed by atoms with Crippen molar-refractivity contribution in [2.75, 3.05) is 13.2 Å². The Kier molecular flexibility index (Phi) is 17.0. The molecule has 1 amide bonds. The normalized spacial score (nSPS) is 15.2. The van der Waals surface area contributed by atoms with Crippen LogP contribution in [-0.4, -0.2) is 45.5 Å². The molecule has 1 heterocycles. The minimum Gasteiger partial charge on any atom is -0.490 e. The van der Waals surface area contributed by atoms with E-state index in [0.29, 0.717) is 28.1 Å². The predicted molar refractivity (Wildman–Crippen MR) is 170 cm³/mol. The molecule has 8 heteroatoms. The molecule has 1 fully saturated rings. The van der Waals surface area contributed by atoms with Gasteiger partial charge in [0, 0.05) is 13.0 Å². The minimum atomic E-state index is -0.711. The van der Waals surface area contributed by atoms with Gasteiger partial charge in [0.05, 0.1) is 17.6 Å². The lowest BCUT2D eigenvalue weighted by molar-refractivity contribution is -0.137. The Morgan fingerprint density at radius 1 is 0.975 bits per heavy atom. The number of amides is 1. The van der Waals surface area contributed by atoms with Gasteiger partial charge in [0.25, 0.3) is 5.91 Å². The highest BCUT2D eigenvalue weighted by molar-refractivity contribution is 8.26. The largest absolute Gasteiger partial charge is 0.490 e. The molecular weight excluding hydrogens is 542 g/mol. The first-order valence-corrected chi connectivity index (χ1v) is 16.5. The van der Waals surface area contributed by atoms with Crippen molar-refractivity contribution in [3.8, 4) is 11.5 Å². The van der Waals surface area contributed by atoms with E-state index in [9.17, 15) is 9.59 Å². The number of aliphatic carboxylic acids is 1. The summed E-state index contributed by atoms with van der Waals surface area (Å²) in [6.45, 7) is 7.49. The van der Waals surface area contributed by atoms with Gasteiger partial charge in [-0.2, -0.15) is 0 Å². The second kappa shape index (κ2) is 19.9. The van der Waals surface area contributed by atoms with Crippen molar-refractivity contribution >= 4 is 46.3 Å². The Morgan fingerprint density at radius 2 is 1.62 bits per heavy atom. The molecule has 0 spiro atoms. The summed E-state index contributed by atoms with van der Waals surface area (Å²) in [6, 6.07) is 5.86. The van der Waals surface area contributed by atoms with Crippen LogP contribution in [0.15, 0.2) is 23.1 Å². The number of carbonyl (C=O) groups excluding carboxylic acids is 1. The molecule has 1 N–H and O–H groups in total. The molecule has 40 heavy (non-hydrogen) atoms. The summed E-state index contributed by atoms with van der Waals surface area (Å²) in [5.74, 6) is 0.708. The number of ether oxygens (including phenoxy) is 2. The molecule has 0 aliphatic carbocycles. The van der Waals surface area contributed by atoms with Gasteiger partial charge in [-0.25, -0.2) is 0 Å². The zero-order valence-electron chi connectivity index (χ0n) is 24.8. The second-order valence-corrected chi connectivity index (χ2v) is 12.3. The molecule has 0 bridgehead atoms. The maximum atomic E-state index is 13.1. The smallest absolute Gasteiger partial charge is 0.303 e. The number of nitrogens with zero attached hydrogens (tertiary/aromatic N) is 1. The van der Waals surface area contributed by atoms with Crippen molar-refractivity contribution in [3.05, 3.63) is 28.7 Å². The van der Waals surface area contributed by atoms with Crippen molar-refractivity contribution in [3.63, 3.8) is 0 Å². The van der Waals surface area contributed by atoms with Gasteiger partial charge in [0.2, 0.25) is 0 Å². The zero-order valence-corrected chi connectivity index (χ0v) is 26.4. The van der Waals surface area contributed by atoms with Crippen molar-refractivity contribution in [2.24, 2.45) is 0 Å². The van der Waals surface area contributed by atoms with Crippen molar-refractivity contribution < 1.29 is 24.2 Å². The van der Waals surface area contributed by atoms with E-state index in [0.717, 1.165) is 69.1 Å². The van der Waals surface area contributed by atoms with Crippen LogP contribution < -0.4 is 9.47 Å². The van der Waals surface area contributed by atoms with E-state index in [1.165, 1.54) is 43.9 Å². The fraction of sp³-hybridized carbons (Fsp3) is 0.656. The third-order valence-electron chi connectivity index (χ3n) is 7.00. The highest BCUT2D eigenvalue weighted by Crippen LogP contribution is 2.35. The number of rotatable bonds is 22. The molecule has 2 rings (SSSR count). The highest BCUT2D eigenvalue weighted by atomic mass is 32.2.